The van der Waals surface area contributed by atoms with Crippen LogP contribution in [0.3, 0.4) is 0 Å². The summed E-state index contributed by atoms with van der Waals surface area (Å²) in [6, 6.07) is 15.6. The van der Waals surface area contributed by atoms with Gasteiger partial charge in [-0.05, 0) is 6.07 Å². The van der Waals surface area contributed by atoms with E-state index in [2.05, 4.69) is 9.71 Å². The molecule has 1 aromatic heterocycles. The maximum absolute atomic E-state index is 11.8. The molecule has 122 valence electrons. The Hall–Kier alpha value is -2.93. The number of aromatic nitrogens is 1. The Morgan fingerprint density at radius 2 is 1.67 bits per heavy atom. The Morgan fingerprint density at radius 3 is 2.29 bits per heavy atom. The highest BCUT2D eigenvalue weighted by molar-refractivity contribution is 7.92. The molecule has 24 heavy (non-hydrogen) atoms. The van der Waals surface area contributed by atoms with Gasteiger partial charge in [0.25, 0.3) is 0 Å². The SMILES string of the molecule is CS(=O)(=O)Nc1c(-c2ccccc2)n[13c]2[13cH][13cH][13cH][13cH][13c]2c1C(=O)O. The highest BCUT2D eigenvalue weighted by Crippen LogP contribution is 2.34. The summed E-state index contributed by atoms with van der Waals surface area (Å²) in [7, 11) is -3.69. The van der Waals surface area contributed by atoms with Crippen LogP contribution in [0.1, 0.15) is 10.4 Å². The second kappa shape index (κ2) is 5.93. The number of sulfonamides is 1. The first kappa shape index (κ1) is 15.9. The summed E-state index contributed by atoms with van der Waals surface area (Å²) in [6.07, 6.45) is 0.975. The second-order valence-electron chi connectivity index (χ2n) is 5.27. The summed E-state index contributed by atoms with van der Waals surface area (Å²) in [6.45, 7) is 0. The zero-order valence-electron chi connectivity index (χ0n) is 12.7. The first-order valence-corrected chi connectivity index (χ1v) is 8.95. The molecule has 0 radical (unpaired) electrons. The molecule has 0 amide bonds. The van der Waals surface area contributed by atoms with E-state index in [0.29, 0.717) is 16.5 Å². The molecule has 0 bridgehead atoms. The minimum Gasteiger partial charge on any atom is -0.478 e. The van der Waals surface area contributed by atoms with Gasteiger partial charge in [-0.25, -0.2) is 18.2 Å². The Balaban J connectivity index is 2.45. The number of nitrogens with zero attached hydrogens (tertiary/aromatic N) is 1. The third kappa shape index (κ3) is 3.07. The molecular weight excluding hydrogens is 334 g/mol. The second-order valence-corrected chi connectivity index (χ2v) is 7.02. The monoisotopic (exact) mass is 348 g/mol. The van der Waals surface area contributed by atoms with Crippen molar-refractivity contribution in [3.8, 4) is 11.3 Å². The number of pyridine rings is 1. The minimum atomic E-state index is -3.69. The summed E-state index contributed by atoms with van der Waals surface area (Å²) in [4.78, 5) is 16.3. The zero-order chi connectivity index (χ0) is 17.3. The zero-order valence-corrected chi connectivity index (χ0v) is 13.5. The summed E-state index contributed by atoms with van der Waals surface area (Å²) in [5.41, 5.74) is 1.22. The van der Waals surface area contributed by atoms with Gasteiger partial charge in [-0.3, -0.25) is 4.72 Å². The summed E-state index contributed by atoms with van der Waals surface area (Å²) >= 11 is 0. The summed E-state index contributed by atoms with van der Waals surface area (Å²) in [5.74, 6) is -1.23. The quantitative estimate of drug-likeness (QED) is 0.756. The lowest BCUT2D eigenvalue weighted by molar-refractivity contribution is 0.0700. The van der Waals surface area contributed by atoms with Crippen molar-refractivity contribution in [1.82, 2.24) is 4.98 Å². The molecule has 1 heterocycles. The third-order valence-corrected chi connectivity index (χ3v) is 4.02. The maximum Gasteiger partial charge on any atom is 0.338 e. The summed E-state index contributed by atoms with van der Waals surface area (Å²) < 4.78 is 25.8. The fourth-order valence-corrected chi connectivity index (χ4v) is 3.09. The van der Waals surface area contributed by atoms with Gasteiger partial charge in [0.2, 0.25) is 10.0 Å². The van der Waals surface area contributed by atoms with Gasteiger partial charge in [0.1, 0.15) is 0 Å². The molecule has 7 heteroatoms. The number of anilines is 1. The van der Waals surface area contributed by atoms with Gasteiger partial charge < -0.3 is 5.11 Å². The Bertz CT molecular complexity index is 1030. The number of nitrogens with one attached hydrogen (secondary N) is 1. The third-order valence-electron chi connectivity index (χ3n) is 3.44. The van der Waals surface area contributed by atoms with Crippen LogP contribution in [0.5, 0.6) is 0 Å². The number of hydrogen-bond acceptors (Lipinski definition) is 4. The molecule has 0 aliphatic rings. The van der Waals surface area contributed by atoms with E-state index in [1.165, 1.54) is 0 Å². The normalized spacial score (nSPS) is 11.4. The predicted octanol–water partition coefficient (Wildman–Crippen LogP) is 2.97. The molecule has 0 saturated carbocycles. The lowest BCUT2D eigenvalue weighted by atomic mass is 10.1. The van der Waals surface area contributed by atoms with Crippen LogP contribution in [0.25, 0.3) is 22.2 Å². The fourth-order valence-electron chi connectivity index (χ4n) is 2.52. The number of para-hydroxylation sites is 1. The van der Waals surface area contributed by atoms with Gasteiger partial charge in [0.15, 0.2) is 0 Å². The number of carboxylic acids is 1. The number of rotatable bonds is 4. The fraction of sp³-hybridized carbons (Fsp3) is 0.0588. The molecule has 0 fully saturated rings. The van der Waals surface area contributed by atoms with Crippen molar-refractivity contribution < 1.29 is 18.3 Å². The number of benzene rings is 2. The Labute approximate surface area is 138 Å². The first-order valence-electron chi connectivity index (χ1n) is 7.06. The highest BCUT2D eigenvalue weighted by Gasteiger charge is 2.23. The van der Waals surface area contributed by atoms with Gasteiger partial charge in [-0.2, -0.15) is 0 Å². The van der Waals surface area contributed by atoms with E-state index in [9.17, 15) is 18.3 Å². The van der Waals surface area contributed by atoms with Crippen LogP contribution in [0, 0.1) is 0 Å². The summed E-state index contributed by atoms with van der Waals surface area (Å²) in [5, 5.41) is 10.0. The van der Waals surface area contributed by atoms with E-state index < -0.39 is 16.0 Å². The smallest absolute Gasteiger partial charge is 0.338 e. The van der Waals surface area contributed by atoms with E-state index in [1.54, 1.807) is 48.5 Å². The lowest BCUT2D eigenvalue weighted by Crippen LogP contribution is -2.15. The number of hydrogen-bond donors (Lipinski definition) is 2. The molecule has 0 atom stereocenters. The van der Waals surface area contributed by atoms with Gasteiger partial charge in [0.05, 0.1) is 28.7 Å². The van der Waals surface area contributed by atoms with Crippen molar-refractivity contribution in [2.75, 3.05) is 11.0 Å². The van der Waals surface area contributed by atoms with E-state index in [-0.39, 0.29) is 16.9 Å². The molecule has 2 N–H and O–H groups in total. The molecule has 3 rings (SSSR count). The highest BCUT2D eigenvalue weighted by atomic mass is 32.2. The van der Waals surface area contributed by atoms with Crippen molar-refractivity contribution in [2.24, 2.45) is 0 Å². The number of carbonyl (C=O) groups is 1. The van der Waals surface area contributed by atoms with Gasteiger partial charge in [0, 0.05) is 10.9 Å². The lowest BCUT2D eigenvalue weighted by Gasteiger charge is -2.15. The molecule has 6 nitrogen and oxygen atoms in total. The van der Waals surface area contributed by atoms with Crippen molar-refractivity contribution in [1.29, 1.82) is 0 Å². The van der Waals surface area contributed by atoms with Crippen molar-refractivity contribution >= 4 is 32.6 Å². The van der Waals surface area contributed by atoms with Crippen LogP contribution < -0.4 is 4.72 Å². The number of carboxylic acid groups (broad SMARTS) is 1. The number of fused-ring (bicyclic) bond motifs is 1. The van der Waals surface area contributed by atoms with Gasteiger partial charge >= 0.3 is 5.97 Å². The average molecular weight is 348 g/mol. The average Bonchev–Trinajstić information content (AvgIpc) is 2.53. The standard InChI is InChI=1S/C17H14N2O4S/c1-24(22,23)19-16-14(17(20)21)12-9-5-6-10-13(12)18-15(16)11-7-3-2-4-8-11/h2-10,19H,1H3,(H,20,21)/i5+1,6+1,9+1,10+1,12+1,13+1. The molecule has 2 aromatic carbocycles. The van der Waals surface area contributed by atoms with Crippen molar-refractivity contribution in [3.05, 3.63) is 60.2 Å². The maximum atomic E-state index is 11.8. The molecule has 0 unspecified atom stereocenters. The molecule has 0 saturated heterocycles. The predicted molar refractivity (Wildman–Crippen MR) is 92.6 cm³/mol. The Kier molecular flexibility index (Phi) is 3.94. The van der Waals surface area contributed by atoms with E-state index in [1.807, 2.05) is 6.07 Å². The van der Waals surface area contributed by atoms with Crippen LogP contribution in [-0.4, -0.2) is 30.7 Å². The first-order chi connectivity index (χ1) is 11.4. The van der Waals surface area contributed by atoms with Gasteiger partial charge in [-0.15, -0.1) is 0 Å². The van der Waals surface area contributed by atoms with Gasteiger partial charge in [-0.1, -0.05) is 48.5 Å². The van der Waals surface area contributed by atoms with E-state index >= 15 is 0 Å². The van der Waals surface area contributed by atoms with E-state index in [0.717, 1.165) is 6.26 Å². The van der Waals surface area contributed by atoms with Crippen molar-refractivity contribution in [3.63, 3.8) is 0 Å². The van der Waals surface area contributed by atoms with E-state index in [4.69, 9.17) is 0 Å². The largest absolute Gasteiger partial charge is 0.478 e. The number of aromatic carboxylic acids is 1. The Morgan fingerprint density at radius 1 is 1.04 bits per heavy atom. The molecule has 3 aromatic rings. The van der Waals surface area contributed by atoms with Crippen LogP contribution in [0.4, 0.5) is 5.69 Å². The molecule has 0 aliphatic heterocycles. The van der Waals surface area contributed by atoms with Crippen LogP contribution in [0.2, 0.25) is 0 Å². The molecule has 0 aliphatic carbocycles. The topological polar surface area (TPSA) is 96.4 Å². The van der Waals surface area contributed by atoms with Crippen molar-refractivity contribution in [2.45, 2.75) is 0 Å². The van der Waals surface area contributed by atoms with Crippen LogP contribution in [0.15, 0.2) is 54.6 Å². The van der Waals surface area contributed by atoms with Crippen LogP contribution >= 0.6 is 0 Å². The molecule has 0 spiro atoms. The van der Waals surface area contributed by atoms with Crippen LogP contribution in [-0.2, 0) is 10.0 Å². The minimum absolute atomic E-state index is 0.0325. The molecular formula is C17H14N2O4S.